The van der Waals surface area contributed by atoms with Crippen LogP contribution in [-0.4, -0.2) is 23.1 Å². The van der Waals surface area contributed by atoms with E-state index in [1.54, 1.807) is 0 Å². The van der Waals surface area contributed by atoms with E-state index in [2.05, 4.69) is 21.1 Å². The Morgan fingerprint density at radius 1 is 1.50 bits per heavy atom. The van der Waals surface area contributed by atoms with Gasteiger partial charge in [0.25, 0.3) is 0 Å². The monoisotopic (exact) mass is 167 g/mol. The first-order chi connectivity index (χ1) is 5.74. The van der Waals surface area contributed by atoms with Gasteiger partial charge in [-0.05, 0) is 33.9 Å². The summed E-state index contributed by atoms with van der Waals surface area (Å²) in [5.74, 6) is 1.11. The fourth-order valence-corrected chi connectivity index (χ4v) is 1.32. The number of rotatable bonds is 4. The maximum Gasteiger partial charge on any atom is 0.105 e. The highest BCUT2D eigenvalue weighted by Gasteiger charge is 1.98. The minimum absolute atomic E-state index is 1.06. The molecule has 0 saturated carbocycles. The highest BCUT2D eigenvalue weighted by molar-refractivity contribution is 4.99. The number of nitrogens with zero attached hydrogens (tertiary/aromatic N) is 2. The first kappa shape index (κ1) is 9.26. The highest BCUT2D eigenvalue weighted by Crippen LogP contribution is 2.01. The SMILES string of the molecule is CNCCCn1cc(C)nc1C. The Morgan fingerprint density at radius 3 is 2.75 bits per heavy atom. The summed E-state index contributed by atoms with van der Waals surface area (Å²) < 4.78 is 2.20. The summed E-state index contributed by atoms with van der Waals surface area (Å²) in [5, 5.41) is 3.13. The largest absolute Gasteiger partial charge is 0.335 e. The van der Waals surface area contributed by atoms with E-state index in [4.69, 9.17) is 0 Å². The zero-order chi connectivity index (χ0) is 8.97. The second kappa shape index (κ2) is 4.26. The van der Waals surface area contributed by atoms with Gasteiger partial charge in [-0.25, -0.2) is 4.98 Å². The summed E-state index contributed by atoms with van der Waals surface area (Å²) in [4.78, 5) is 4.33. The highest BCUT2D eigenvalue weighted by atomic mass is 15.1. The van der Waals surface area contributed by atoms with Gasteiger partial charge in [0.15, 0.2) is 0 Å². The first-order valence-corrected chi connectivity index (χ1v) is 4.39. The second-order valence-electron chi connectivity index (χ2n) is 3.08. The van der Waals surface area contributed by atoms with Crippen LogP contribution in [-0.2, 0) is 6.54 Å². The van der Waals surface area contributed by atoms with Crippen LogP contribution in [0.3, 0.4) is 0 Å². The van der Waals surface area contributed by atoms with Crippen LogP contribution in [0.2, 0.25) is 0 Å². The molecule has 0 aromatic carbocycles. The number of hydrogen-bond donors (Lipinski definition) is 1. The van der Waals surface area contributed by atoms with Crippen LogP contribution in [0.1, 0.15) is 17.9 Å². The van der Waals surface area contributed by atoms with Crippen LogP contribution in [0, 0.1) is 13.8 Å². The van der Waals surface area contributed by atoms with E-state index < -0.39 is 0 Å². The summed E-state index contributed by atoms with van der Waals surface area (Å²) in [5.41, 5.74) is 1.11. The number of aromatic nitrogens is 2. The predicted octanol–water partition coefficient (Wildman–Crippen LogP) is 1.11. The van der Waals surface area contributed by atoms with Crippen LogP contribution < -0.4 is 5.32 Å². The van der Waals surface area contributed by atoms with Crippen molar-refractivity contribution in [3.63, 3.8) is 0 Å². The van der Waals surface area contributed by atoms with Crippen molar-refractivity contribution in [1.29, 1.82) is 0 Å². The molecule has 1 aromatic heterocycles. The maximum atomic E-state index is 4.33. The van der Waals surface area contributed by atoms with E-state index in [9.17, 15) is 0 Å². The lowest BCUT2D eigenvalue weighted by Gasteiger charge is -2.03. The summed E-state index contributed by atoms with van der Waals surface area (Å²) in [7, 11) is 1.98. The quantitative estimate of drug-likeness (QED) is 0.681. The first-order valence-electron chi connectivity index (χ1n) is 4.39. The Balaban J connectivity index is 2.45. The van der Waals surface area contributed by atoms with Crippen molar-refractivity contribution < 1.29 is 0 Å². The van der Waals surface area contributed by atoms with Crippen LogP contribution >= 0.6 is 0 Å². The van der Waals surface area contributed by atoms with Crippen molar-refractivity contribution in [2.45, 2.75) is 26.8 Å². The molecule has 3 heteroatoms. The van der Waals surface area contributed by atoms with Gasteiger partial charge in [0, 0.05) is 12.7 Å². The zero-order valence-electron chi connectivity index (χ0n) is 8.09. The van der Waals surface area contributed by atoms with E-state index in [1.165, 1.54) is 0 Å². The third-order valence-corrected chi connectivity index (χ3v) is 1.92. The molecular formula is C9H17N3. The summed E-state index contributed by atoms with van der Waals surface area (Å²) in [6.45, 7) is 6.21. The average molecular weight is 167 g/mol. The molecule has 12 heavy (non-hydrogen) atoms. The lowest BCUT2D eigenvalue weighted by Crippen LogP contribution is -2.11. The fraction of sp³-hybridized carbons (Fsp3) is 0.667. The summed E-state index contributed by atoms with van der Waals surface area (Å²) in [6.07, 6.45) is 3.26. The molecule has 3 nitrogen and oxygen atoms in total. The molecule has 1 rings (SSSR count). The number of aryl methyl sites for hydroxylation is 3. The molecular weight excluding hydrogens is 150 g/mol. The molecule has 0 aliphatic rings. The van der Waals surface area contributed by atoms with Gasteiger partial charge in [-0.3, -0.25) is 0 Å². The third-order valence-electron chi connectivity index (χ3n) is 1.92. The van der Waals surface area contributed by atoms with Crippen molar-refractivity contribution >= 4 is 0 Å². The molecule has 0 aliphatic heterocycles. The second-order valence-corrected chi connectivity index (χ2v) is 3.08. The molecule has 68 valence electrons. The Kier molecular flexibility index (Phi) is 3.29. The van der Waals surface area contributed by atoms with Crippen molar-refractivity contribution in [3.05, 3.63) is 17.7 Å². The van der Waals surface area contributed by atoms with Crippen LogP contribution in [0.15, 0.2) is 6.20 Å². The number of imidazole rings is 1. The zero-order valence-corrected chi connectivity index (χ0v) is 8.09. The van der Waals surface area contributed by atoms with Crippen molar-refractivity contribution in [3.8, 4) is 0 Å². The molecule has 0 spiro atoms. The predicted molar refractivity (Wildman–Crippen MR) is 50.2 cm³/mol. The topological polar surface area (TPSA) is 29.9 Å². The van der Waals surface area contributed by atoms with Gasteiger partial charge in [0.1, 0.15) is 5.82 Å². The Morgan fingerprint density at radius 2 is 2.25 bits per heavy atom. The van der Waals surface area contributed by atoms with Crippen molar-refractivity contribution in [2.24, 2.45) is 0 Å². The molecule has 0 amide bonds. The molecule has 0 radical (unpaired) electrons. The van der Waals surface area contributed by atoms with Gasteiger partial charge < -0.3 is 9.88 Å². The minimum atomic E-state index is 1.06. The van der Waals surface area contributed by atoms with E-state index >= 15 is 0 Å². The number of nitrogens with one attached hydrogen (secondary N) is 1. The fourth-order valence-electron chi connectivity index (χ4n) is 1.32. The Hall–Kier alpha value is -0.830. The van der Waals surface area contributed by atoms with E-state index in [1.807, 2.05) is 20.9 Å². The van der Waals surface area contributed by atoms with Crippen LogP contribution in [0.4, 0.5) is 0 Å². The molecule has 0 fully saturated rings. The van der Waals surface area contributed by atoms with Crippen molar-refractivity contribution in [1.82, 2.24) is 14.9 Å². The maximum absolute atomic E-state index is 4.33. The average Bonchev–Trinajstić information content (AvgIpc) is 2.31. The summed E-state index contributed by atoms with van der Waals surface area (Å²) >= 11 is 0. The lowest BCUT2D eigenvalue weighted by molar-refractivity contribution is 0.600. The molecule has 0 aliphatic carbocycles. The minimum Gasteiger partial charge on any atom is -0.335 e. The van der Waals surface area contributed by atoms with E-state index in [0.29, 0.717) is 0 Å². The van der Waals surface area contributed by atoms with Crippen molar-refractivity contribution in [2.75, 3.05) is 13.6 Å². The molecule has 0 saturated heterocycles. The normalized spacial score (nSPS) is 10.6. The van der Waals surface area contributed by atoms with Gasteiger partial charge in [0.2, 0.25) is 0 Å². The van der Waals surface area contributed by atoms with E-state index in [0.717, 1.165) is 31.0 Å². The summed E-state index contributed by atoms with van der Waals surface area (Å²) in [6, 6.07) is 0. The molecule has 0 bridgehead atoms. The standard InChI is InChI=1S/C9H17N3/c1-8-7-12(9(2)11-8)6-4-5-10-3/h7,10H,4-6H2,1-3H3. The number of hydrogen-bond acceptors (Lipinski definition) is 2. The molecule has 0 atom stereocenters. The molecule has 1 heterocycles. The van der Waals surface area contributed by atoms with Gasteiger partial charge in [-0.2, -0.15) is 0 Å². The molecule has 1 N–H and O–H groups in total. The molecule has 0 unspecified atom stereocenters. The smallest absolute Gasteiger partial charge is 0.105 e. The van der Waals surface area contributed by atoms with Crippen LogP contribution in [0.25, 0.3) is 0 Å². The van der Waals surface area contributed by atoms with E-state index in [-0.39, 0.29) is 0 Å². The van der Waals surface area contributed by atoms with Gasteiger partial charge in [0.05, 0.1) is 5.69 Å². The molecule has 1 aromatic rings. The van der Waals surface area contributed by atoms with Gasteiger partial charge >= 0.3 is 0 Å². The lowest BCUT2D eigenvalue weighted by atomic mass is 10.4. The van der Waals surface area contributed by atoms with Gasteiger partial charge in [-0.15, -0.1) is 0 Å². The Labute approximate surface area is 73.8 Å². The third kappa shape index (κ3) is 2.34. The van der Waals surface area contributed by atoms with Crippen LogP contribution in [0.5, 0.6) is 0 Å². The van der Waals surface area contributed by atoms with Gasteiger partial charge in [-0.1, -0.05) is 0 Å². The Bertz CT molecular complexity index is 240.